The van der Waals surface area contributed by atoms with E-state index in [0.29, 0.717) is 0 Å². The van der Waals surface area contributed by atoms with Crippen LogP contribution in [0, 0.1) is 11.5 Å². The zero-order valence-electron chi connectivity index (χ0n) is 17.5. The van der Waals surface area contributed by atoms with Crippen molar-refractivity contribution in [1.29, 1.82) is 0 Å². The van der Waals surface area contributed by atoms with Crippen molar-refractivity contribution in [2.75, 3.05) is 0 Å². The molecule has 0 spiro atoms. The molecule has 0 aromatic carbocycles. The van der Waals surface area contributed by atoms with Crippen molar-refractivity contribution >= 4 is 26.5 Å². The Hall–Kier alpha value is 0.276. The number of hydrogen-bond donors (Lipinski definition) is 1. The molecule has 1 N–H and O–H groups in total. The molecule has 0 rings (SSSR count). The van der Waals surface area contributed by atoms with E-state index in [4.69, 9.17) is 0 Å². The Kier molecular flexibility index (Phi) is 12.7. The van der Waals surface area contributed by atoms with Crippen LogP contribution in [0.2, 0.25) is 33.0 Å². The van der Waals surface area contributed by atoms with Gasteiger partial charge < -0.3 is 0 Å². The summed E-state index contributed by atoms with van der Waals surface area (Å²) in [7, 11) is -1.41. The Morgan fingerprint density at radius 2 is 1.38 bits per heavy atom. The minimum absolute atomic E-state index is 0.558. The van der Waals surface area contributed by atoms with E-state index in [1.165, 1.54) is 51.8 Å². The number of hydrogen-bond acceptors (Lipinski definition) is 1. The van der Waals surface area contributed by atoms with Crippen LogP contribution in [0.1, 0.15) is 66.2 Å². The third-order valence-electron chi connectivity index (χ3n) is 4.87. The first-order valence-corrected chi connectivity index (χ1v) is 21.1. The summed E-state index contributed by atoms with van der Waals surface area (Å²) in [4.78, 5) is 0. The van der Waals surface area contributed by atoms with Crippen LogP contribution >= 0.6 is 0 Å². The molecule has 3 heteroatoms. The molecule has 0 aromatic rings. The number of rotatable bonds is 11. The van der Waals surface area contributed by atoms with Crippen molar-refractivity contribution in [2.24, 2.45) is 0 Å². The second-order valence-corrected chi connectivity index (χ2v) is 27.0. The predicted octanol–water partition coefficient (Wildman–Crippen LogP) is 6.56. The molecule has 0 aliphatic heterocycles. The fraction of sp³-hybridized carbons (Fsp3) is 0.810. The molecule has 0 amide bonds. The number of aliphatic hydroxyl groups is 1. The van der Waals surface area contributed by atoms with Crippen LogP contribution in [0.4, 0.5) is 0 Å². The van der Waals surface area contributed by atoms with Crippen LogP contribution in [-0.4, -0.2) is 37.7 Å². The molecule has 0 radical (unpaired) electrons. The molecular formula is C21H42OSiSn. The van der Waals surface area contributed by atoms with Gasteiger partial charge in [-0.05, 0) is 0 Å². The van der Waals surface area contributed by atoms with Gasteiger partial charge in [0.1, 0.15) is 0 Å². The van der Waals surface area contributed by atoms with E-state index >= 15 is 0 Å². The van der Waals surface area contributed by atoms with Gasteiger partial charge in [-0.15, -0.1) is 0 Å². The maximum atomic E-state index is 10.4. The molecule has 0 aliphatic carbocycles. The van der Waals surface area contributed by atoms with Crippen LogP contribution in [0.5, 0.6) is 0 Å². The molecule has 0 heterocycles. The van der Waals surface area contributed by atoms with Gasteiger partial charge in [-0.3, -0.25) is 0 Å². The first kappa shape index (κ1) is 24.3. The number of aliphatic hydroxyl groups excluding tert-OH is 1. The molecule has 1 nitrogen and oxygen atoms in total. The van der Waals surface area contributed by atoms with Crippen molar-refractivity contribution in [3.8, 4) is 11.5 Å². The first-order chi connectivity index (χ1) is 11.2. The van der Waals surface area contributed by atoms with Gasteiger partial charge in [0.05, 0.1) is 0 Å². The molecule has 24 heavy (non-hydrogen) atoms. The van der Waals surface area contributed by atoms with Gasteiger partial charge in [0.2, 0.25) is 0 Å². The Morgan fingerprint density at radius 1 is 0.958 bits per heavy atom. The van der Waals surface area contributed by atoms with Crippen molar-refractivity contribution in [1.82, 2.24) is 0 Å². The average Bonchev–Trinajstić information content (AvgIpc) is 2.52. The second-order valence-electron chi connectivity index (χ2n) is 8.40. The van der Waals surface area contributed by atoms with Gasteiger partial charge in [-0.25, -0.2) is 0 Å². The molecule has 0 fully saturated rings. The Balaban J connectivity index is 5.44. The summed E-state index contributed by atoms with van der Waals surface area (Å²) >= 11 is -2.34. The Labute approximate surface area is 157 Å². The standard InChI is InChI=1S/C9H15OSi.3C4H9.Sn/c1-5-6-9(10)7-8-11(2,3)4;3*1-3-4-2;/h6,9-10H,1-4H3;3*1,3-4H2,2H3;. The molecular weight excluding hydrogens is 415 g/mol. The molecule has 140 valence electrons. The van der Waals surface area contributed by atoms with E-state index in [1.807, 2.05) is 0 Å². The molecule has 0 aliphatic rings. The summed E-state index contributed by atoms with van der Waals surface area (Å²) in [6.45, 7) is 16.0. The number of allylic oxidation sites excluding steroid dienone is 1. The van der Waals surface area contributed by atoms with Crippen LogP contribution in [-0.2, 0) is 0 Å². The van der Waals surface area contributed by atoms with Crippen LogP contribution in [0.3, 0.4) is 0 Å². The van der Waals surface area contributed by atoms with Gasteiger partial charge in [-0.1, -0.05) is 0 Å². The van der Waals surface area contributed by atoms with E-state index in [-0.39, 0.29) is 0 Å². The molecule has 0 bridgehead atoms. The molecule has 1 unspecified atom stereocenters. The fourth-order valence-corrected chi connectivity index (χ4v) is 19.6. The minimum atomic E-state index is -2.34. The van der Waals surface area contributed by atoms with E-state index in [0.717, 1.165) is 0 Å². The summed E-state index contributed by atoms with van der Waals surface area (Å²) < 4.78 is 5.96. The van der Waals surface area contributed by atoms with Crippen molar-refractivity contribution in [3.05, 3.63) is 9.67 Å². The van der Waals surface area contributed by atoms with Crippen LogP contribution in [0.25, 0.3) is 0 Å². The van der Waals surface area contributed by atoms with E-state index in [1.54, 1.807) is 3.59 Å². The number of unbranched alkanes of at least 4 members (excludes halogenated alkanes) is 3. The van der Waals surface area contributed by atoms with E-state index < -0.39 is 32.6 Å². The summed E-state index contributed by atoms with van der Waals surface area (Å²) in [6.07, 6.45) is 9.57. The summed E-state index contributed by atoms with van der Waals surface area (Å²) in [5.41, 5.74) is 3.33. The van der Waals surface area contributed by atoms with Gasteiger partial charge in [-0.2, -0.15) is 0 Å². The monoisotopic (exact) mass is 458 g/mol. The first-order valence-electron chi connectivity index (χ1n) is 10.1. The van der Waals surface area contributed by atoms with Crippen molar-refractivity contribution in [2.45, 2.75) is 105 Å². The quantitative estimate of drug-likeness (QED) is 0.275. The molecule has 0 saturated heterocycles. The third kappa shape index (κ3) is 10.3. The second kappa shape index (κ2) is 12.6. The molecule has 0 saturated carbocycles. The van der Waals surface area contributed by atoms with Crippen LogP contribution < -0.4 is 0 Å². The summed E-state index contributed by atoms with van der Waals surface area (Å²) in [5, 5.41) is 10.4. The predicted molar refractivity (Wildman–Crippen MR) is 116 cm³/mol. The van der Waals surface area contributed by atoms with Gasteiger partial charge in [0.25, 0.3) is 0 Å². The van der Waals surface area contributed by atoms with E-state index in [9.17, 15) is 5.11 Å². The zero-order chi connectivity index (χ0) is 18.6. The maximum absolute atomic E-state index is 10.4. The fourth-order valence-electron chi connectivity index (χ4n) is 3.26. The van der Waals surface area contributed by atoms with Crippen molar-refractivity contribution in [3.63, 3.8) is 0 Å². The topological polar surface area (TPSA) is 20.2 Å². The molecule has 0 aromatic heterocycles. The van der Waals surface area contributed by atoms with Gasteiger partial charge in [0, 0.05) is 0 Å². The summed E-state index contributed by atoms with van der Waals surface area (Å²) in [5.74, 6) is 3.12. The van der Waals surface area contributed by atoms with Gasteiger partial charge in [0.15, 0.2) is 0 Å². The zero-order valence-corrected chi connectivity index (χ0v) is 21.3. The Morgan fingerprint density at radius 3 is 1.71 bits per heavy atom. The normalized spacial score (nSPS) is 14.2. The summed E-state index contributed by atoms with van der Waals surface area (Å²) in [6, 6.07) is 0. The average molecular weight is 457 g/mol. The molecule has 1 atom stereocenters. The Bertz CT molecular complexity index is 404. The SMILES string of the molecule is CCC[CH2][Sn]([CH2]CCC)([CH2]CCC)/[C](C)=C/C(O)C#C[Si](C)(C)C. The third-order valence-corrected chi connectivity index (χ3v) is 22.2. The van der Waals surface area contributed by atoms with Crippen molar-refractivity contribution < 1.29 is 5.11 Å². The van der Waals surface area contributed by atoms with Crippen LogP contribution in [0.15, 0.2) is 9.67 Å². The van der Waals surface area contributed by atoms with E-state index in [2.05, 4.69) is 64.9 Å². The van der Waals surface area contributed by atoms with Gasteiger partial charge >= 0.3 is 158 Å².